The summed E-state index contributed by atoms with van der Waals surface area (Å²) in [4.78, 5) is 12.6. The van der Waals surface area contributed by atoms with Crippen LogP contribution in [0.15, 0.2) is 45.6 Å². The molecule has 0 aliphatic heterocycles. The molecule has 0 radical (unpaired) electrons. The first-order chi connectivity index (χ1) is 9.60. The highest BCUT2D eigenvalue weighted by Crippen LogP contribution is 2.23. The summed E-state index contributed by atoms with van der Waals surface area (Å²) >= 11 is 0. The van der Waals surface area contributed by atoms with E-state index in [0.717, 1.165) is 12.0 Å². The lowest BCUT2D eigenvalue weighted by Gasteiger charge is -2.07. The predicted molar refractivity (Wildman–Crippen MR) is 83.5 cm³/mol. The Bertz CT molecular complexity index is 841. The summed E-state index contributed by atoms with van der Waals surface area (Å²) in [7, 11) is 0. The van der Waals surface area contributed by atoms with Crippen molar-refractivity contribution in [1.29, 1.82) is 0 Å². The molecule has 20 heavy (non-hydrogen) atoms. The van der Waals surface area contributed by atoms with Gasteiger partial charge in [-0.25, -0.2) is 0 Å². The molecule has 1 heterocycles. The lowest BCUT2D eigenvalue weighted by molar-refractivity contribution is 0.658. The molecule has 0 bridgehead atoms. The lowest BCUT2D eigenvalue weighted by Crippen LogP contribution is -2.03. The quantitative estimate of drug-likeness (QED) is 0.633. The standard InChI is InChI=1S/C18H18O2/c1-4-12-5-8-16-15(9-12)18(19)14-7-6-13(11(2)3)10-17(14)20-16/h5-11H,4H2,1-3H3. The van der Waals surface area contributed by atoms with E-state index in [1.54, 1.807) is 0 Å². The highest BCUT2D eigenvalue weighted by Gasteiger charge is 2.09. The number of hydrogen-bond donors (Lipinski definition) is 0. The Kier molecular flexibility index (Phi) is 3.09. The molecule has 0 amide bonds. The van der Waals surface area contributed by atoms with Gasteiger partial charge in [0, 0.05) is 0 Å². The molecule has 0 N–H and O–H groups in total. The lowest BCUT2D eigenvalue weighted by atomic mass is 10.0. The fourth-order valence-corrected chi connectivity index (χ4v) is 2.50. The summed E-state index contributed by atoms with van der Waals surface area (Å²) in [5, 5.41) is 1.34. The number of hydrogen-bond acceptors (Lipinski definition) is 2. The molecule has 0 aliphatic rings. The van der Waals surface area contributed by atoms with Crippen LogP contribution in [0.3, 0.4) is 0 Å². The first-order valence-corrected chi connectivity index (χ1v) is 7.09. The van der Waals surface area contributed by atoms with Gasteiger partial charge in [0.05, 0.1) is 10.8 Å². The first-order valence-electron chi connectivity index (χ1n) is 7.09. The summed E-state index contributed by atoms with van der Waals surface area (Å²) in [5.41, 5.74) is 3.75. The molecule has 2 nitrogen and oxygen atoms in total. The van der Waals surface area contributed by atoms with Crippen molar-refractivity contribution in [3.63, 3.8) is 0 Å². The van der Waals surface area contributed by atoms with Crippen molar-refractivity contribution in [3.8, 4) is 0 Å². The zero-order valence-electron chi connectivity index (χ0n) is 12.1. The van der Waals surface area contributed by atoms with E-state index < -0.39 is 0 Å². The van der Waals surface area contributed by atoms with Crippen molar-refractivity contribution in [1.82, 2.24) is 0 Å². The van der Waals surface area contributed by atoms with Crippen molar-refractivity contribution in [2.24, 2.45) is 0 Å². The summed E-state index contributed by atoms with van der Waals surface area (Å²) in [5.74, 6) is 0.419. The second-order valence-corrected chi connectivity index (χ2v) is 5.53. The van der Waals surface area contributed by atoms with Crippen LogP contribution in [0.4, 0.5) is 0 Å². The number of aryl methyl sites for hydroxylation is 1. The maximum Gasteiger partial charge on any atom is 0.200 e. The van der Waals surface area contributed by atoms with Crippen LogP contribution >= 0.6 is 0 Å². The van der Waals surface area contributed by atoms with Crippen molar-refractivity contribution in [2.45, 2.75) is 33.1 Å². The van der Waals surface area contributed by atoms with Gasteiger partial charge in [0.25, 0.3) is 0 Å². The normalized spacial score (nSPS) is 11.6. The van der Waals surface area contributed by atoms with Crippen LogP contribution in [0.5, 0.6) is 0 Å². The van der Waals surface area contributed by atoms with E-state index in [1.165, 1.54) is 5.56 Å². The maximum atomic E-state index is 12.6. The monoisotopic (exact) mass is 266 g/mol. The summed E-state index contributed by atoms with van der Waals surface area (Å²) in [6, 6.07) is 11.7. The van der Waals surface area contributed by atoms with Crippen LogP contribution in [-0.2, 0) is 6.42 Å². The van der Waals surface area contributed by atoms with Crippen LogP contribution in [0.25, 0.3) is 21.9 Å². The largest absolute Gasteiger partial charge is 0.456 e. The highest BCUT2D eigenvalue weighted by atomic mass is 16.3. The first kappa shape index (κ1) is 12.9. The van der Waals surface area contributed by atoms with Crippen molar-refractivity contribution in [3.05, 3.63) is 57.7 Å². The minimum Gasteiger partial charge on any atom is -0.456 e. The maximum absolute atomic E-state index is 12.6. The Labute approximate surface area is 118 Å². The zero-order chi connectivity index (χ0) is 14.3. The molecule has 3 rings (SSSR count). The molecular formula is C18H18O2. The minimum absolute atomic E-state index is 0.0619. The Balaban J connectivity index is 2.37. The second-order valence-electron chi connectivity index (χ2n) is 5.53. The minimum atomic E-state index is 0.0619. The van der Waals surface area contributed by atoms with Gasteiger partial charge in [0.1, 0.15) is 11.2 Å². The predicted octanol–water partition coefficient (Wildman–Crippen LogP) is 4.63. The molecule has 3 aromatic rings. The Morgan fingerprint density at radius 2 is 1.80 bits per heavy atom. The SMILES string of the molecule is CCc1ccc2oc3cc(C(C)C)ccc3c(=O)c2c1. The van der Waals surface area contributed by atoms with Crippen LogP contribution in [0.2, 0.25) is 0 Å². The van der Waals surface area contributed by atoms with Gasteiger partial charge in [-0.1, -0.05) is 32.9 Å². The van der Waals surface area contributed by atoms with Gasteiger partial charge in [0.15, 0.2) is 0 Å². The van der Waals surface area contributed by atoms with E-state index in [4.69, 9.17) is 4.42 Å². The molecule has 0 aliphatic carbocycles. The van der Waals surface area contributed by atoms with E-state index in [-0.39, 0.29) is 5.43 Å². The van der Waals surface area contributed by atoms with Crippen molar-refractivity contribution < 1.29 is 4.42 Å². The molecule has 0 unspecified atom stereocenters. The Hall–Kier alpha value is -2.09. The fourth-order valence-electron chi connectivity index (χ4n) is 2.50. The van der Waals surface area contributed by atoms with Crippen LogP contribution in [0.1, 0.15) is 37.8 Å². The van der Waals surface area contributed by atoms with E-state index in [0.29, 0.717) is 27.9 Å². The molecule has 0 saturated heterocycles. The van der Waals surface area contributed by atoms with E-state index >= 15 is 0 Å². The number of fused-ring (bicyclic) bond motifs is 2. The smallest absolute Gasteiger partial charge is 0.200 e. The van der Waals surface area contributed by atoms with Gasteiger partial charge in [-0.15, -0.1) is 0 Å². The van der Waals surface area contributed by atoms with E-state index in [1.807, 2.05) is 36.4 Å². The Morgan fingerprint density at radius 1 is 1.00 bits per heavy atom. The molecule has 0 saturated carbocycles. The summed E-state index contributed by atoms with van der Waals surface area (Å²) in [6.07, 6.45) is 0.916. The second kappa shape index (κ2) is 4.78. The molecule has 0 spiro atoms. The molecule has 1 aromatic heterocycles. The molecular weight excluding hydrogens is 248 g/mol. The number of rotatable bonds is 2. The van der Waals surface area contributed by atoms with Gasteiger partial charge in [-0.2, -0.15) is 0 Å². The Morgan fingerprint density at radius 3 is 2.50 bits per heavy atom. The molecule has 102 valence electrons. The molecule has 2 heteroatoms. The van der Waals surface area contributed by atoms with Crippen molar-refractivity contribution >= 4 is 21.9 Å². The molecule has 0 fully saturated rings. The van der Waals surface area contributed by atoms with Gasteiger partial charge >= 0.3 is 0 Å². The third-order valence-electron chi connectivity index (χ3n) is 3.83. The average molecular weight is 266 g/mol. The topological polar surface area (TPSA) is 30.2 Å². The van der Waals surface area contributed by atoms with Crippen molar-refractivity contribution in [2.75, 3.05) is 0 Å². The van der Waals surface area contributed by atoms with E-state index in [9.17, 15) is 4.79 Å². The van der Waals surface area contributed by atoms with E-state index in [2.05, 4.69) is 20.8 Å². The summed E-state index contributed by atoms with van der Waals surface area (Å²) in [6.45, 7) is 6.35. The van der Waals surface area contributed by atoms with Gasteiger partial charge in [-0.05, 0) is 47.7 Å². The highest BCUT2D eigenvalue weighted by molar-refractivity contribution is 5.90. The number of benzene rings is 2. The fraction of sp³-hybridized carbons (Fsp3) is 0.278. The van der Waals surface area contributed by atoms with Crippen LogP contribution in [0, 0.1) is 0 Å². The third kappa shape index (κ3) is 2.01. The molecule has 2 aromatic carbocycles. The zero-order valence-corrected chi connectivity index (χ0v) is 12.1. The van der Waals surface area contributed by atoms with Gasteiger partial charge in [-0.3, -0.25) is 4.79 Å². The molecule has 0 atom stereocenters. The summed E-state index contributed by atoms with van der Waals surface area (Å²) < 4.78 is 5.92. The average Bonchev–Trinajstić information content (AvgIpc) is 2.46. The van der Waals surface area contributed by atoms with Gasteiger partial charge in [0.2, 0.25) is 5.43 Å². The van der Waals surface area contributed by atoms with Crippen LogP contribution in [-0.4, -0.2) is 0 Å². The van der Waals surface area contributed by atoms with Crippen LogP contribution < -0.4 is 5.43 Å². The van der Waals surface area contributed by atoms with Gasteiger partial charge < -0.3 is 4.42 Å². The third-order valence-corrected chi connectivity index (χ3v) is 3.83.